The van der Waals surface area contributed by atoms with Crippen molar-refractivity contribution in [2.45, 2.75) is 13.0 Å². The number of halogens is 1. The Labute approximate surface area is 113 Å². The zero-order valence-corrected chi connectivity index (χ0v) is 11.0. The predicted octanol–water partition coefficient (Wildman–Crippen LogP) is 2.17. The van der Waals surface area contributed by atoms with Crippen LogP contribution in [0.25, 0.3) is 5.70 Å². The van der Waals surface area contributed by atoms with Crippen molar-refractivity contribution < 1.29 is 19.1 Å². The van der Waals surface area contributed by atoms with E-state index in [9.17, 15) is 14.0 Å². The number of rotatable bonds is 3. The highest BCUT2D eigenvalue weighted by molar-refractivity contribution is 8.03. The number of nitrogens with zero attached hydrogens (tertiary/aromatic N) is 1. The molecular weight excluding hydrogens is 269 g/mol. The Morgan fingerprint density at radius 1 is 1.42 bits per heavy atom. The summed E-state index contributed by atoms with van der Waals surface area (Å²) in [6.45, 7) is 1.45. The molecule has 0 spiro atoms. The first-order valence-electron chi connectivity index (χ1n) is 5.63. The van der Waals surface area contributed by atoms with Gasteiger partial charge < -0.3 is 5.11 Å². The molecule has 0 aromatic heterocycles. The molecule has 0 fully saturated rings. The first-order chi connectivity index (χ1) is 9.00. The highest BCUT2D eigenvalue weighted by Crippen LogP contribution is 2.30. The van der Waals surface area contributed by atoms with Gasteiger partial charge in [-0.15, -0.1) is 11.8 Å². The first kappa shape index (κ1) is 13.6. The average molecular weight is 281 g/mol. The molecule has 6 heteroatoms. The quantitative estimate of drug-likeness (QED) is 0.922. The molecule has 0 radical (unpaired) electrons. The molecule has 0 bridgehead atoms. The first-order valence-corrected chi connectivity index (χ1v) is 6.68. The molecular formula is C13H12FNO3S. The molecule has 1 aliphatic rings. The van der Waals surface area contributed by atoms with Crippen molar-refractivity contribution in [3.8, 4) is 0 Å². The number of amides is 1. The van der Waals surface area contributed by atoms with Crippen molar-refractivity contribution in [1.82, 2.24) is 4.90 Å². The topological polar surface area (TPSA) is 57.6 Å². The molecule has 1 atom stereocenters. The van der Waals surface area contributed by atoms with Gasteiger partial charge in [0.05, 0.1) is 11.4 Å². The van der Waals surface area contributed by atoms with E-state index in [0.717, 1.165) is 0 Å². The molecule has 1 aromatic rings. The molecule has 1 heterocycles. The fourth-order valence-electron chi connectivity index (χ4n) is 1.82. The molecule has 1 amide bonds. The summed E-state index contributed by atoms with van der Waals surface area (Å²) in [5.74, 6) is -1.51. The maximum atomic E-state index is 12.9. The predicted molar refractivity (Wildman–Crippen MR) is 70.8 cm³/mol. The fraction of sp³-hybridized carbons (Fsp3) is 0.231. The highest BCUT2D eigenvalue weighted by Gasteiger charge is 2.31. The zero-order chi connectivity index (χ0) is 14.0. The molecule has 1 unspecified atom stereocenters. The number of carbonyl (C=O) groups is 2. The zero-order valence-electron chi connectivity index (χ0n) is 10.2. The summed E-state index contributed by atoms with van der Waals surface area (Å²) in [6.07, 6.45) is 0. The molecule has 0 saturated heterocycles. The normalized spacial score (nSPS) is 17.1. The standard InChI is InChI=1S/C13H12FNO3S/c1-8(13(17)18)15-11(6-19-7-12(15)16)9-2-4-10(14)5-3-9/h2-6,8H,7H2,1H3,(H,17,18). The molecule has 19 heavy (non-hydrogen) atoms. The van der Waals surface area contributed by atoms with E-state index in [0.29, 0.717) is 11.3 Å². The lowest BCUT2D eigenvalue weighted by Crippen LogP contribution is -2.44. The van der Waals surface area contributed by atoms with Crippen LogP contribution in [0.1, 0.15) is 12.5 Å². The minimum atomic E-state index is -1.08. The maximum Gasteiger partial charge on any atom is 0.326 e. The third-order valence-electron chi connectivity index (χ3n) is 2.81. The van der Waals surface area contributed by atoms with Crippen molar-refractivity contribution in [2.75, 3.05) is 5.75 Å². The second-order valence-corrected chi connectivity index (χ2v) is 4.96. The van der Waals surface area contributed by atoms with Crippen LogP contribution in [-0.4, -0.2) is 33.7 Å². The summed E-state index contributed by atoms with van der Waals surface area (Å²) in [6, 6.07) is 4.67. The molecule has 100 valence electrons. The van der Waals surface area contributed by atoms with E-state index >= 15 is 0 Å². The van der Waals surface area contributed by atoms with E-state index in [2.05, 4.69) is 0 Å². The summed E-state index contributed by atoms with van der Waals surface area (Å²) in [5, 5.41) is 10.8. The smallest absolute Gasteiger partial charge is 0.326 e. The minimum absolute atomic E-state index is 0.211. The Balaban J connectivity index is 2.40. The summed E-state index contributed by atoms with van der Waals surface area (Å²) < 4.78 is 12.9. The SMILES string of the molecule is CC(C(=O)O)N1C(=O)CSC=C1c1ccc(F)cc1. The van der Waals surface area contributed by atoms with E-state index in [1.54, 1.807) is 5.41 Å². The van der Waals surface area contributed by atoms with Gasteiger partial charge in [-0.05, 0) is 42.2 Å². The van der Waals surface area contributed by atoms with Crippen molar-refractivity contribution in [3.63, 3.8) is 0 Å². The number of carbonyl (C=O) groups excluding carboxylic acids is 1. The van der Waals surface area contributed by atoms with Crippen LogP contribution in [0.4, 0.5) is 4.39 Å². The highest BCUT2D eigenvalue weighted by atomic mass is 32.2. The fourth-order valence-corrected chi connectivity index (χ4v) is 2.59. The Morgan fingerprint density at radius 2 is 2.05 bits per heavy atom. The maximum absolute atomic E-state index is 12.9. The lowest BCUT2D eigenvalue weighted by atomic mass is 10.1. The summed E-state index contributed by atoms with van der Waals surface area (Å²) in [7, 11) is 0. The monoisotopic (exact) mass is 281 g/mol. The minimum Gasteiger partial charge on any atom is -0.480 e. The molecule has 4 nitrogen and oxygen atoms in total. The average Bonchev–Trinajstić information content (AvgIpc) is 2.38. The Morgan fingerprint density at radius 3 is 2.63 bits per heavy atom. The van der Waals surface area contributed by atoms with Crippen LogP contribution in [0.15, 0.2) is 29.7 Å². The van der Waals surface area contributed by atoms with Gasteiger partial charge in [-0.2, -0.15) is 0 Å². The van der Waals surface area contributed by atoms with Gasteiger partial charge >= 0.3 is 5.97 Å². The van der Waals surface area contributed by atoms with E-state index in [-0.39, 0.29) is 17.5 Å². The molecule has 1 N–H and O–H groups in total. The van der Waals surface area contributed by atoms with Gasteiger partial charge in [0.2, 0.25) is 5.91 Å². The Kier molecular flexibility index (Phi) is 3.90. The van der Waals surface area contributed by atoms with Crippen molar-refractivity contribution in [3.05, 3.63) is 41.1 Å². The van der Waals surface area contributed by atoms with Crippen molar-refractivity contribution in [2.24, 2.45) is 0 Å². The number of thioether (sulfide) groups is 1. The van der Waals surface area contributed by atoms with E-state index in [1.807, 2.05) is 0 Å². The number of hydrogen-bond acceptors (Lipinski definition) is 3. The van der Waals surface area contributed by atoms with Gasteiger partial charge in [0.1, 0.15) is 11.9 Å². The van der Waals surface area contributed by atoms with Crippen LogP contribution < -0.4 is 0 Å². The van der Waals surface area contributed by atoms with Gasteiger partial charge in [-0.3, -0.25) is 9.69 Å². The van der Waals surface area contributed by atoms with Gasteiger partial charge in [-0.25, -0.2) is 9.18 Å². The second kappa shape index (κ2) is 5.44. The Hall–Kier alpha value is -1.82. The van der Waals surface area contributed by atoms with Gasteiger partial charge in [0.25, 0.3) is 0 Å². The van der Waals surface area contributed by atoms with Crippen LogP contribution in [-0.2, 0) is 9.59 Å². The van der Waals surface area contributed by atoms with Crippen molar-refractivity contribution in [1.29, 1.82) is 0 Å². The second-order valence-electron chi connectivity index (χ2n) is 4.10. The summed E-state index contributed by atoms with van der Waals surface area (Å²) >= 11 is 1.30. The van der Waals surface area contributed by atoms with E-state index < -0.39 is 12.0 Å². The van der Waals surface area contributed by atoms with Crippen LogP contribution in [0.5, 0.6) is 0 Å². The Bertz CT molecular complexity index is 541. The van der Waals surface area contributed by atoms with Gasteiger partial charge in [0.15, 0.2) is 0 Å². The molecule has 0 aliphatic carbocycles. The molecule has 0 saturated carbocycles. The van der Waals surface area contributed by atoms with E-state index in [4.69, 9.17) is 5.11 Å². The van der Waals surface area contributed by atoms with Crippen molar-refractivity contribution >= 4 is 29.3 Å². The largest absolute Gasteiger partial charge is 0.480 e. The third-order valence-corrected chi connectivity index (χ3v) is 3.62. The van der Waals surface area contributed by atoms with Gasteiger partial charge in [-0.1, -0.05) is 0 Å². The summed E-state index contributed by atoms with van der Waals surface area (Å²) in [5.41, 5.74) is 1.12. The molecule has 1 aliphatic heterocycles. The van der Waals surface area contributed by atoms with Crippen LogP contribution >= 0.6 is 11.8 Å². The number of benzene rings is 1. The number of carboxylic acid groups (broad SMARTS) is 1. The lowest BCUT2D eigenvalue weighted by molar-refractivity contribution is -0.145. The van der Waals surface area contributed by atoms with Crippen LogP contribution in [0.2, 0.25) is 0 Å². The number of hydrogen-bond donors (Lipinski definition) is 1. The lowest BCUT2D eigenvalue weighted by Gasteiger charge is -2.31. The van der Waals surface area contributed by atoms with Crippen LogP contribution in [0, 0.1) is 5.82 Å². The third kappa shape index (κ3) is 2.78. The molecule has 2 rings (SSSR count). The number of carboxylic acids is 1. The molecule has 1 aromatic carbocycles. The number of aliphatic carboxylic acids is 1. The van der Waals surface area contributed by atoms with Crippen LogP contribution in [0.3, 0.4) is 0 Å². The van der Waals surface area contributed by atoms with Gasteiger partial charge in [0, 0.05) is 0 Å². The van der Waals surface area contributed by atoms with E-state index in [1.165, 1.54) is 47.9 Å². The summed E-state index contributed by atoms with van der Waals surface area (Å²) in [4.78, 5) is 24.2.